The monoisotopic (exact) mass is 561 g/mol. The maximum atomic E-state index is 13.7. The molecule has 0 atom stereocenters. The summed E-state index contributed by atoms with van der Waals surface area (Å²) in [4.78, 5) is 25.6. The Bertz CT molecular complexity index is 1380. The van der Waals surface area contributed by atoms with Gasteiger partial charge < -0.3 is 24.8 Å². The lowest BCUT2D eigenvalue weighted by molar-refractivity contribution is -0.114. The molecule has 0 saturated heterocycles. The number of carbonyl (C=O) groups excluding carboxylic acids is 2. The van der Waals surface area contributed by atoms with E-state index in [1.807, 2.05) is 0 Å². The summed E-state index contributed by atoms with van der Waals surface area (Å²) in [5.74, 6) is -0.517. The van der Waals surface area contributed by atoms with Crippen LogP contribution in [0.1, 0.15) is 10.4 Å². The maximum absolute atomic E-state index is 13.7. The fraction of sp³-hybridized carbons (Fsp3) is 0.231. The van der Waals surface area contributed by atoms with E-state index in [0.29, 0.717) is 17.4 Å². The van der Waals surface area contributed by atoms with Crippen LogP contribution in [0.3, 0.4) is 0 Å². The minimum Gasteiger partial charge on any atom is -0.493 e. The molecule has 3 rings (SSSR count). The Morgan fingerprint density at radius 2 is 1.61 bits per heavy atom. The number of ether oxygens (including phenoxy) is 3. The molecule has 12 heteroatoms. The van der Waals surface area contributed by atoms with Crippen LogP contribution in [0.4, 0.5) is 11.4 Å². The van der Waals surface area contributed by atoms with Gasteiger partial charge in [0.1, 0.15) is 6.54 Å². The van der Waals surface area contributed by atoms with E-state index in [0.717, 1.165) is 4.31 Å². The molecule has 0 aromatic heterocycles. The van der Waals surface area contributed by atoms with Crippen LogP contribution < -0.4 is 24.4 Å². The van der Waals surface area contributed by atoms with Crippen LogP contribution >= 0.6 is 11.6 Å². The number of hydrogen-bond donors (Lipinski definition) is 2. The fourth-order valence-electron chi connectivity index (χ4n) is 3.50. The number of nitrogens with zero attached hydrogens (tertiary/aromatic N) is 1. The Labute approximate surface area is 226 Å². The highest BCUT2D eigenvalue weighted by atomic mass is 35.5. The molecule has 10 nitrogen and oxygen atoms in total. The van der Waals surface area contributed by atoms with Crippen molar-refractivity contribution in [2.45, 2.75) is 4.90 Å². The van der Waals surface area contributed by atoms with Crippen molar-refractivity contribution >= 4 is 44.8 Å². The van der Waals surface area contributed by atoms with Gasteiger partial charge >= 0.3 is 0 Å². The molecule has 2 N–H and O–H groups in total. The minimum absolute atomic E-state index is 0.115. The van der Waals surface area contributed by atoms with Gasteiger partial charge in [-0.1, -0.05) is 23.7 Å². The standard InChI is InChI=1S/C26H28ClN3O7S/c1-35-15-14-28-26(32)21-6-4-5-7-22(21)29-25(31)17-30(19-10-8-18(27)9-11-19)38(33,34)20-12-13-23(36-2)24(16-20)37-3/h4-13,16H,14-15,17H2,1-3H3,(H,28,32)(H,29,31). The van der Waals surface area contributed by atoms with E-state index >= 15 is 0 Å². The Kier molecular flexibility index (Phi) is 9.94. The van der Waals surface area contributed by atoms with Gasteiger partial charge in [-0.3, -0.25) is 13.9 Å². The van der Waals surface area contributed by atoms with Crippen LogP contribution in [0.15, 0.2) is 71.6 Å². The third-order valence-electron chi connectivity index (χ3n) is 5.38. The zero-order chi connectivity index (χ0) is 27.7. The summed E-state index contributed by atoms with van der Waals surface area (Å²) >= 11 is 6.00. The summed E-state index contributed by atoms with van der Waals surface area (Å²) in [5.41, 5.74) is 0.662. The number of sulfonamides is 1. The number of para-hydroxylation sites is 1. The van der Waals surface area contributed by atoms with Crippen LogP contribution in [0.5, 0.6) is 11.5 Å². The van der Waals surface area contributed by atoms with Gasteiger partial charge in [0.05, 0.1) is 42.7 Å². The molecule has 3 aromatic carbocycles. The predicted molar refractivity (Wildman–Crippen MR) is 145 cm³/mol. The molecule has 0 aliphatic carbocycles. The normalized spacial score (nSPS) is 10.9. The van der Waals surface area contributed by atoms with Crippen molar-refractivity contribution in [1.82, 2.24) is 5.32 Å². The lowest BCUT2D eigenvalue weighted by Crippen LogP contribution is -2.38. The Balaban J connectivity index is 1.93. The first-order valence-corrected chi connectivity index (χ1v) is 13.2. The van der Waals surface area contributed by atoms with Gasteiger partial charge in [-0.15, -0.1) is 0 Å². The van der Waals surface area contributed by atoms with Crippen molar-refractivity contribution in [3.63, 3.8) is 0 Å². The first-order valence-electron chi connectivity index (χ1n) is 11.4. The molecular weight excluding hydrogens is 534 g/mol. The van der Waals surface area contributed by atoms with Crippen molar-refractivity contribution in [2.24, 2.45) is 0 Å². The smallest absolute Gasteiger partial charge is 0.264 e. The zero-order valence-corrected chi connectivity index (χ0v) is 22.6. The zero-order valence-electron chi connectivity index (χ0n) is 21.1. The molecule has 0 spiro atoms. The van der Waals surface area contributed by atoms with Gasteiger partial charge in [-0.2, -0.15) is 0 Å². The van der Waals surface area contributed by atoms with Gasteiger partial charge in [0, 0.05) is 24.7 Å². The second-order valence-corrected chi connectivity index (χ2v) is 10.1. The maximum Gasteiger partial charge on any atom is 0.264 e. The first kappa shape index (κ1) is 28.8. The molecule has 0 saturated carbocycles. The third kappa shape index (κ3) is 6.94. The summed E-state index contributed by atoms with van der Waals surface area (Å²) in [5, 5.41) is 5.74. The Morgan fingerprint density at radius 1 is 0.921 bits per heavy atom. The number of hydrogen-bond acceptors (Lipinski definition) is 7. The second-order valence-electron chi connectivity index (χ2n) is 7.85. The number of anilines is 2. The fourth-order valence-corrected chi connectivity index (χ4v) is 5.06. The highest BCUT2D eigenvalue weighted by molar-refractivity contribution is 7.92. The second kappa shape index (κ2) is 13.1. The SMILES string of the molecule is COCCNC(=O)c1ccccc1NC(=O)CN(c1ccc(Cl)cc1)S(=O)(=O)c1ccc(OC)c(OC)c1. The number of benzene rings is 3. The van der Waals surface area contributed by atoms with Crippen LogP contribution in [-0.4, -0.2) is 61.3 Å². The van der Waals surface area contributed by atoms with E-state index in [1.165, 1.54) is 63.8 Å². The van der Waals surface area contributed by atoms with E-state index in [4.69, 9.17) is 25.8 Å². The topological polar surface area (TPSA) is 123 Å². The summed E-state index contributed by atoms with van der Waals surface area (Å²) < 4.78 is 43.8. The average molecular weight is 562 g/mol. The van der Waals surface area contributed by atoms with Gasteiger partial charge in [0.2, 0.25) is 5.91 Å². The molecule has 38 heavy (non-hydrogen) atoms. The predicted octanol–water partition coefficient (Wildman–Crippen LogP) is 3.57. The Morgan fingerprint density at radius 3 is 2.26 bits per heavy atom. The molecule has 0 radical (unpaired) electrons. The summed E-state index contributed by atoms with van der Waals surface area (Å²) in [7, 11) is 0.0911. The van der Waals surface area contributed by atoms with Gasteiger partial charge in [-0.25, -0.2) is 8.42 Å². The van der Waals surface area contributed by atoms with E-state index in [-0.39, 0.29) is 34.1 Å². The van der Waals surface area contributed by atoms with E-state index in [1.54, 1.807) is 24.3 Å². The van der Waals surface area contributed by atoms with Gasteiger partial charge in [-0.05, 0) is 48.5 Å². The van der Waals surface area contributed by atoms with Crippen LogP contribution in [0.2, 0.25) is 5.02 Å². The molecular formula is C26H28ClN3O7S. The average Bonchev–Trinajstić information content (AvgIpc) is 2.92. The number of rotatable bonds is 12. The number of amides is 2. The number of nitrogens with one attached hydrogen (secondary N) is 2. The van der Waals surface area contributed by atoms with Gasteiger partial charge in [0.15, 0.2) is 11.5 Å². The first-order chi connectivity index (χ1) is 18.2. The molecule has 0 aliphatic rings. The summed E-state index contributed by atoms with van der Waals surface area (Å²) in [6.07, 6.45) is 0. The number of carbonyl (C=O) groups is 2. The van der Waals surface area contributed by atoms with E-state index < -0.39 is 28.4 Å². The van der Waals surface area contributed by atoms with Crippen LogP contribution in [0.25, 0.3) is 0 Å². The van der Waals surface area contributed by atoms with E-state index in [2.05, 4.69) is 10.6 Å². The molecule has 0 aliphatic heterocycles. The third-order valence-corrected chi connectivity index (χ3v) is 7.40. The van der Waals surface area contributed by atoms with Crippen LogP contribution in [0, 0.1) is 0 Å². The highest BCUT2D eigenvalue weighted by Gasteiger charge is 2.29. The van der Waals surface area contributed by atoms with Crippen molar-refractivity contribution in [2.75, 3.05) is 50.6 Å². The van der Waals surface area contributed by atoms with Crippen molar-refractivity contribution in [1.29, 1.82) is 0 Å². The van der Waals surface area contributed by atoms with E-state index in [9.17, 15) is 18.0 Å². The number of methoxy groups -OCH3 is 3. The molecule has 2 amide bonds. The largest absolute Gasteiger partial charge is 0.493 e. The molecule has 0 unspecified atom stereocenters. The highest BCUT2D eigenvalue weighted by Crippen LogP contribution is 2.32. The summed E-state index contributed by atoms with van der Waals surface area (Å²) in [6.45, 7) is 0.0216. The van der Waals surface area contributed by atoms with Crippen molar-refractivity contribution < 1.29 is 32.2 Å². The lowest BCUT2D eigenvalue weighted by Gasteiger charge is -2.25. The molecule has 3 aromatic rings. The molecule has 0 fully saturated rings. The van der Waals surface area contributed by atoms with Gasteiger partial charge in [0.25, 0.3) is 15.9 Å². The Hall–Kier alpha value is -3.80. The minimum atomic E-state index is -4.25. The molecule has 0 bridgehead atoms. The quantitative estimate of drug-likeness (QED) is 0.324. The summed E-state index contributed by atoms with van der Waals surface area (Å²) in [6, 6.07) is 16.6. The van der Waals surface area contributed by atoms with Crippen LogP contribution in [-0.2, 0) is 19.6 Å². The lowest BCUT2D eigenvalue weighted by atomic mass is 10.1. The number of halogens is 1. The molecule has 0 heterocycles. The van der Waals surface area contributed by atoms with Crippen molar-refractivity contribution in [3.8, 4) is 11.5 Å². The van der Waals surface area contributed by atoms with Crippen molar-refractivity contribution in [3.05, 3.63) is 77.3 Å². The molecule has 202 valence electrons.